The second kappa shape index (κ2) is 6.66. The molecule has 0 aliphatic heterocycles. The predicted molar refractivity (Wildman–Crippen MR) is 82.4 cm³/mol. The molecular weight excluding hydrogens is 314 g/mol. The lowest BCUT2D eigenvalue weighted by atomic mass is 10.1. The Balaban J connectivity index is 2.92. The molecule has 0 aliphatic carbocycles. The molecule has 0 aliphatic rings. The average Bonchev–Trinajstić information content (AvgIpc) is 2.36. The van der Waals surface area contributed by atoms with Crippen molar-refractivity contribution in [1.82, 2.24) is 4.90 Å². The van der Waals surface area contributed by atoms with Crippen molar-refractivity contribution in [2.45, 2.75) is 38.6 Å². The van der Waals surface area contributed by atoms with Crippen molar-refractivity contribution in [3.8, 4) is 5.75 Å². The summed E-state index contributed by atoms with van der Waals surface area (Å²) in [6, 6.07) is 3.12. The van der Waals surface area contributed by atoms with E-state index in [4.69, 9.17) is 15.4 Å². The standard InChI is InChI=1S/C14H20ClNO4S/c1-9(2)16(5)14(17)8-20-12-6-11(4)13(7-10(12)3)21(15,18)19/h6-7,9H,8H2,1-5H3. The fourth-order valence-electron chi connectivity index (χ4n) is 1.71. The fourth-order valence-corrected chi connectivity index (χ4v) is 2.97. The molecule has 0 saturated carbocycles. The van der Waals surface area contributed by atoms with Gasteiger partial charge in [0.15, 0.2) is 6.61 Å². The highest BCUT2D eigenvalue weighted by molar-refractivity contribution is 8.13. The molecule has 0 unspecified atom stereocenters. The Labute approximate surface area is 130 Å². The van der Waals surface area contributed by atoms with Gasteiger partial charge in [-0.15, -0.1) is 0 Å². The number of nitrogens with zero attached hydrogens (tertiary/aromatic N) is 1. The second-order valence-electron chi connectivity index (χ2n) is 5.21. The molecule has 5 nitrogen and oxygen atoms in total. The van der Waals surface area contributed by atoms with Gasteiger partial charge in [-0.2, -0.15) is 0 Å². The third-order valence-corrected chi connectivity index (χ3v) is 4.72. The summed E-state index contributed by atoms with van der Waals surface area (Å²) >= 11 is 0. The fraction of sp³-hybridized carbons (Fsp3) is 0.500. The van der Waals surface area contributed by atoms with Crippen LogP contribution in [0, 0.1) is 13.8 Å². The molecule has 0 atom stereocenters. The van der Waals surface area contributed by atoms with E-state index in [-0.39, 0.29) is 23.5 Å². The number of carbonyl (C=O) groups excluding carboxylic acids is 1. The molecule has 0 spiro atoms. The quantitative estimate of drug-likeness (QED) is 0.776. The van der Waals surface area contributed by atoms with E-state index in [9.17, 15) is 13.2 Å². The Morgan fingerprint density at radius 3 is 2.33 bits per heavy atom. The van der Waals surface area contributed by atoms with E-state index >= 15 is 0 Å². The summed E-state index contributed by atoms with van der Waals surface area (Å²) in [5, 5.41) is 0. The maximum atomic E-state index is 11.9. The van der Waals surface area contributed by atoms with Gasteiger partial charge < -0.3 is 9.64 Å². The van der Waals surface area contributed by atoms with E-state index in [0.29, 0.717) is 16.9 Å². The van der Waals surface area contributed by atoms with Crippen LogP contribution in [0.25, 0.3) is 0 Å². The molecule has 1 amide bonds. The molecule has 0 radical (unpaired) electrons. The van der Waals surface area contributed by atoms with Gasteiger partial charge in [-0.05, 0) is 51.0 Å². The number of likely N-dealkylation sites (N-methyl/N-ethyl adjacent to an activating group) is 1. The number of ether oxygens (including phenoxy) is 1. The molecule has 21 heavy (non-hydrogen) atoms. The van der Waals surface area contributed by atoms with Crippen molar-refractivity contribution in [2.75, 3.05) is 13.7 Å². The zero-order chi connectivity index (χ0) is 16.4. The lowest BCUT2D eigenvalue weighted by Crippen LogP contribution is -2.36. The maximum absolute atomic E-state index is 11.9. The van der Waals surface area contributed by atoms with Crippen LogP contribution >= 0.6 is 10.7 Å². The van der Waals surface area contributed by atoms with Crippen molar-refractivity contribution in [3.05, 3.63) is 23.3 Å². The van der Waals surface area contributed by atoms with Crippen LogP contribution < -0.4 is 4.74 Å². The highest BCUT2D eigenvalue weighted by atomic mass is 35.7. The number of rotatable bonds is 5. The highest BCUT2D eigenvalue weighted by Crippen LogP contribution is 2.27. The molecule has 1 aromatic rings. The zero-order valence-corrected chi connectivity index (χ0v) is 14.4. The van der Waals surface area contributed by atoms with Crippen molar-refractivity contribution in [2.24, 2.45) is 0 Å². The third-order valence-electron chi connectivity index (χ3n) is 3.25. The molecule has 0 fully saturated rings. The minimum Gasteiger partial charge on any atom is -0.483 e. The maximum Gasteiger partial charge on any atom is 0.261 e. The highest BCUT2D eigenvalue weighted by Gasteiger charge is 2.17. The number of halogens is 1. The lowest BCUT2D eigenvalue weighted by Gasteiger charge is -2.21. The summed E-state index contributed by atoms with van der Waals surface area (Å²) in [6.07, 6.45) is 0. The van der Waals surface area contributed by atoms with Gasteiger partial charge in [0.2, 0.25) is 0 Å². The van der Waals surface area contributed by atoms with Crippen LogP contribution in [0.5, 0.6) is 5.75 Å². The molecule has 1 rings (SSSR count). The number of aryl methyl sites for hydroxylation is 2. The number of benzene rings is 1. The molecule has 118 valence electrons. The van der Waals surface area contributed by atoms with Gasteiger partial charge in [0.05, 0.1) is 4.90 Å². The van der Waals surface area contributed by atoms with E-state index in [1.165, 1.54) is 6.07 Å². The molecule has 1 aromatic carbocycles. The Morgan fingerprint density at radius 2 is 1.86 bits per heavy atom. The Kier molecular flexibility index (Phi) is 5.64. The smallest absolute Gasteiger partial charge is 0.261 e. The van der Waals surface area contributed by atoms with Crippen LogP contribution in [0.3, 0.4) is 0 Å². The van der Waals surface area contributed by atoms with E-state index in [1.807, 2.05) is 13.8 Å². The first-order valence-electron chi connectivity index (χ1n) is 6.48. The van der Waals surface area contributed by atoms with Crippen molar-refractivity contribution in [1.29, 1.82) is 0 Å². The summed E-state index contributed by atoms with van der Waals surface area (Å²) in [6.45, 7) is 7.06. The van der Waals surface area contributed by atoms with Crippen LogP contribution in [-0.2, 0) is 13.8 Å². The predicted octanol–water partition coefficient (Wildman–Crippen LogP) is 2.48. The zero-order valence-electron chi connectivity index (χ0n) is 12.8. The normalized spacial score (nSPS) is 11.6. The number of carbonyl (C=O) groups is 1. The van der Waals surface area contributed by atoms with E-state index < -0.39 is 9.05 Å². The number of hydrogen-bond donors (Lipinski definition) is 0. The first-order valence-corrected chi connectivity index (χ1v) is 8.79. The topological polar surface area (TPSA) is 63.7 Å². The monoisotopic (exact) mass is 333 g/mol. The largest absolute Gasteiger partial charge is 0.483 e. The molecule has 7 heteroatoms. The van der Waals surface area contributed by atoms with E-state index in [0.717, 1.165) is 0 Å². The van der Waals surface area contributed by atoms with Gasteiger partial charge in [0.25, 0.3) is 15.0 Å². The summed E-state index contributed by atoms with van der Waals surface area (Å²) in [5.74, 6) is 0.332. The molecule has 0 saturated heterocycles. The minimum absolute atomic E-state index is 0.0552. The summed E-state index contributed by atoms with van der Waals surface area (Å²) < 4.78 is 28.3. The summed E-state index contributed by atoms with van der Waals surface area (Å²) in [5.41, 5.74) is 1.09. The van der Waals surface area contributed by atoms with Gasteiger partial charge in [0.1, 0.15) is 5.75 Å². The summed E-state index contributed by atoms with van der Waals surface area (Å²) in [7, 11) is 3.28. The Bertz CT molecular complexity index is 641. The van der Waals surface area contributed by atoms with Crippen LogP contribution in [0.1, 0.15) is 25.0 Å². The Hall–Kier alpha value is -1.27. The van der Waals surface area contributed by atoms with Crippen molar-refractivity contribution < 1.29 is 17.9 Å². The third kappa shape index (κ3) is 4.61. The van der Waals surface area contributed by atoms with E-state index in [1.54, 1.807) is 31.9 Å². The van der Waals surface area contributed by atoms with Crippen molar-refractivity contribution >= 4 is 25.6 Å². The van der Waals surface area contributed by atoms with Gasteiger partial charge in [-0.3, -0.25) is 4.79 Å². The van der Waals surface area contributed by atoms with Crippen LogP contribution in [-0.4, -0.2) is 38.9 Å². The first-order chi connectivity index (χ1) is 9.54. The SMILES string of the molecule is Cc1cc(S(=O)(=O)Cl)c(C)cc1OCC(=O)N(C)C(C)C. The Morgan fingerprint density at radius 1 is 1.29 bits per heavy atom. The van der Waals surface area contributed by atoms with Gasteiger partial charge in [0, 0.05) is 23.8 Å². The van der Waals surface area contributed by atoms with Crippen LogP contribution in [0.4, 0.5) is 0 Å². The second-order valence-corrected chi connectivity index (χ2v) is 7.74. The molecule has 0 bridgehead atoms. The first kappa shape index (κ1) is 17.8. The molecule has 0 heterocycles. The van der Waals surface area contributed by atoms with E-state index in [2.05, 4.69) is 0 Å². The minimum atomic E-state index is -3.79. The average molecular weight is 334 g/mol. The lowest BCUT2D eigenvalue weighted by molar-refractivity contribution is -0.133. The molecule has 0 aromatic heterocycles. The number of hydrogen-bond acceptors (Lipinski definition) is 4. The van der Waals surface area contributed by atoms with Crippen LogP contribution in [0.2, 0.25) is 0 Å². The summed E-state index contributed by atoms with van der Waals surface area (Å²) in [4.78, 5) is 13.5. The van der Waals surface area contributed by atoms with Crippen LogP contribution in [0.15, 0.2) is 17.0 Å². The molecular formula is C14H20ClNO4S. The van der Waals surface area contributed by atoms with Gasteiger partial charge in [-0.25, -0.2) is 8.42 Å². The van der Waals surface area contributed by atoms with Gasteiger partial charge in [-0.1, -0.05) is 0 Å². The number of amides is 1. The molecule has 0 N–H and O–H groups in total. The van der Waals surface area contributed by atoms with Gasteiger partial charge >= 0.3 is 0 Å². The van der Waals surface area contributed by atoms with Crippen molar-refractivity contribution in [3.63, 3.8) is 0 Å².